The van der Waals surface area contributed by atoms with E-state index in [1.54, 1.807) is 17.9 Å². The van der Waals surface area contributed by atoms with Crippen molar-refractivity contribution in [2.75, 3.05) is 31.6 Å². The van der Waals surface area contributed by atoms with E-state index in [4.69, 9.17) is 0 Å². The molecule has 2 saturated heterocycles. The number of benzene rings is 3. The number of aryl methyl sites for hydroxylation is 1. The molecule has 0 bridgehead atoms. The first-order valence-corrected chi connectivity index (χ1v) is 13.5. The summed E-state index contributed by atoms with van der Waals surface area (Å²) in [5.74, 6) is -0.387. The largest absolute Gasteiger partial charge is 0.416 e. The van der Waals surface area contributed by atoms with Gasteiger partial charge in [0.25, 0.3) is 0 Å². The zero-order valence-electron chi connectivity index (χ0n) is 23.2. The number of halogens is 7. The highest BCUT2D eigenvalue weighted by Crippen LogP contribution is 2.48. The number of para-hydroxylation sites is 1. The van der Waals surface area contributed by atoms with Crippen molar-refractivity contribution in [2.24, 2.45) is 11.8 Å². The number of nitrogens with zero attached hydrogens (tertiary/aromatic N) is 3. The van der Waals surface area contributed by atoms with Crippen molar-refractivity contribution in [3.8, 4) is 0 Å². The molecule has 4 unspecified atom stereocenters. The number of rotatable bonds is 4. The number of fused-ring (bicyclic) bond motifs is 1. The molecule has 2 fully saturated rings. The highest BCUT2D eigenvalue weighted by atomic mass is 19.4. The van der Waals surface area contributed by atoms with E-state index < -0.39 is 47.4 Å². The molecule has 224 valence electrons. The number of carbonyl (C=O) groups is 1. The molecule has 3 aromatic rings. The number of carbonyl (C=O) groups excluding carboxylic acids is 1. The maximum Gasteiger partial charge on any atom is 0.416 e. The predicted molar refractivity (Wildman–Crippen MR) is 144 cm³/mol. The van der Waals surface area contributed by atoms with Crippen molar-refractivity contribution < 1.29 is 35.5 Å². The minimum Gasteiger partial charge on any atom is -0.371 e. The molecule has 4 nitrogen and oxygen atoms in total. The lowest BCUT2D eigenvalue weighted by Gasteiger charge is -2.36. The third-order valence-electron chi connectivity index (χ3n) is 8.56. The van der Waals surface area contributed by atoms with Crippen LogP contribution in [0.25, 0.3) is 0 Å². The molecule has 5 rings (SSSR count). The van der Waals surface area contributed by atoms with Crippen molar-refractivity contribution in [1.82, 2.24) is 9.80 Å². The number of hydrogen-bond acceptors (Lipinski definition) is 2. The van der Waals surface area contributed by atoms with Gasteiger partial charge < -0.3 is 14.7 Å². The molecule has 2 aliphatic rings. The molecule has 2 aliphatic heterocycles. The van der Waals surface area contributed by atoms with Gasteiger partial charge in [0.15, 0.2) is 0 Å². The van der Waals surface area contributed by atoms with Crippen LogP contribution in [-0.2, 0) is 12.4 Å². The lowest BCUT2D eigenvalue weighted by molar-refractivity contribution is -0.143. The molecule has 0 radical (unpaired) electrons. The van der Waals surface area contributed by atoms with Gasteiger partial charge in [-0.2, -0.15) is 26.3 Å². The molecular weight excluding hydrogens is 563 g/mol. The van der Waals surface area contributed by atoms with E-state index in [1.807, 2.05) is 30.3 Å². The Labute approximate surface area is 239 Å². The molecule has 2 heterocycles. The average molecular weight is 594 g/mol. The van der Waals surface area contributed by atoms with Crippen LogP contribution >= 0.6 is 0 Å². The molecule has 0 N–H and O–H groups in total. The van der Waals surface area contributed by atoms with Gasteiger partial charge in [0.1, 0.15) is 5.82 Å². The summed E-state index contributed by atoms with van der Waals surface area (Å²) in [5, 5.41) is 0. The Bertz CT molecular complexity index is 1420. The van der Waals surface area contributed by atoms with Crippen molar-refractivity contribution in [2.45, 2.75) is 38.3 Å². The Balaban J connectivity index is 1.47. The molecule has 4 atom stereocenters. The normalized spacial score (nSPS) is 21.4. The Morgan fingerprint density at radius 2 is 1.50 bits per heavy atom. The van der Waals surface area contributed by atoms with Crippen LogP contribution in [0.1, 0.15) is 46.8 Å². The third kappa shape index (κ3) is 5.65. The summed E-state index contributed by atoms with van der Waals surface area (Å²) in [7, 11) is 1.37. The minimum absolute atomic E-state index is 0.0209. The van der Waals surface area contributed by atoms with E-state index in [0.717, 1.165) is 11.3 Å². The smallest absolute Gasteiger partial charge is 0.371 e. The van der Waals surface area contributed by atoms with Gasteiger partial charge in [-0.1, -0.05) is 24.3 Å². The number of hydrogen-bond donors (Lipinski definition) is 0. The van der Waals surface area contributed by atoms with Crippen molar-refractivity contribution in [1.29, 1.82) is 0 Å². The van der Waals surface area contributed by atoms with Crippen molar-refractivity contribution >= 4 is 11.7 Å². The Morgan fingerprint density at radius 3 is 2.07 bits per heavy atom. The van der Waals surface area contributed by atoms with Gasteiger partial charge in [-0.15, -0.1) is 0 Å². The first-order chi connectivity index (χ1) is 19.6. The molecule has 11 heteroatoms. The van der Waals surface area contributed by atoms with Crippen LogP contribution in [0.4, 0.5) is 41.2 Å². The van der Waals surface area contributed by atoms with Crippen molar-refractivity contribution in [3.05, 3.63) is 100 Å². The van der Waals surface area contributed by atoms with Crippen LogP contribution in [0.2, 0.25) is 0 Å². The predicted octanol–water partition coefficient (Wildman–Crippen LogP) is 8.09. The van der Waals surface area contributed by atoms with E-state index in [2.05, 4.69) is 4.90 Å². The minimum atomic E-state index is -5.00. The maximum absolute atomic E-state index is 14.0. The summed E-state index contributed by atoms with van der Waals surface area (Å²) in [6.45, 7) is 4.78. The highest BCUT2D eigenvalue weighted by Gasteiger charge is 2.50. The second kappa shape index (κ2) is 10.8. The fraction of sp³-hybridized carbons (Fsp3) is 0.387. The molecule has 3 aromatic carbocycles. The Kier molecular flexibility index (Phi) is 7.66. The van der Waals surface area contributed by atoms with Crippen LogP contribution in [0.3, 0.4) is 0 Å². The first kappa shape index (κ1) is 29.7. The summed E-state index contributed by atoms with van der Waals surface area (Å²) >= 11 is 0. The number of likely N-dealkylation sites (tertiary alicyclic amines) is 1. The lowest BCUT2D eigenvalue weighted by atomic mass is 9.87. The van der Waals surface area contributed by atoms with Crippen LogP contribution in [0.5, 0.6) is 0 Å². The van der Waals surface area contributed by atoms with Gasteiger partial charge in [-0.25, -0.2) is 9.18 Å². The van der Waals surface area contributed by atoms with E-state index in [-0.39, 0.29) is 23.5 Å². The number of urea groups is 1. The van der Waals surface area contributed by atoms with Gasteiger partial charge in [0.2, 0.25) is 0 Å². The molecule has 42 heavy (non-hydrogen) atoms. The lowest BCUT2D eigenvalue weighted by Crippen LogP contribution is -2.44. The second-order valence-electron chi connectivity index (χ2n) is 11.2. The van der Waals surface area contributed by atoms with Gasteiger partial charge in [0, 0.05) is 44.2 Å². The fourth-order valence-electron chi connectivity index (χ4n) is 6.27. The van der Waals surface area contributed by atoms with Crippen LogP contribution in [0.15, 0.2) is 66.7 Å². The quantitative estimate of drug-likeness (QED) is 0.286. The molecule has 0 saturated carbocycles. The monoisotopic (exact) mass is 593 g/mol. The summed E-state index contributed by atoms with van der Waals surface area (Å²) in [6.07, 6.45) is -10.00. The van der Waals surface area contributed by atoms with E-state index in [1.165, 1.54) is 31.0 Å². The summed E-state index contributed by atoms with van der Waals surface area (Å²) in [6, 6.07) is 13.5. The highest BCUT2D eigenvalue weighted by molar-refractivity contribution is 5.76. The van der Waals surface area contributed by atoms with Crippen LogP contribution in [0, 0.1) is 24.6 Å². The van der Waals surface area contributed by atoms with Gasteiger partial charge >= 0.3 is 18.4 Å². The second-order valence-corrected chi connectivity index (χ2v) is 11.2. The van der Waals surface area contributed by atoms with Crippen LogP contribution < -0.4 is 4.90 Å². The summed E-state index contributed by atoms with van der Waals surface area (Å²) in [4.78, 5) is 19.0. The fourth-order valence-corrected chi connectivity index (χ4v) is 6.27. The van der Waals surface area contributed by atoms with E-state index >= 15 is 0 Å². The SMILES string of the molecule is Cc1cc(F)ccc1C1C2CN(c3ccccc3)CC2CN1C(=O)N(C)C(C)c1cc(C(F)(F)F)cc(C(F)(F)F)c1. The standard InChI is InChI=1S/C31H30F7N3O/c1-18-11-24(32)9-10-26(18)28-27-17-40(25-7-5-4-6-8-25)15-21(27)16-41(28)29(42)39(3)19(2)20-12-22(30(33,34)35)14-23(13-20)31(36,37)38/h4-14,19,21,27-28H,15-17H2,1-3H3. The molecule has 0 aliphatic carbocycles. The Morgan fingerprint density at radius 1 is 0.881 bits per heavy atom. The maximum atomic E-state index is 14.0. The first-order valence-electron chi connectivity index (χ1n) is 13.5. The number of amides is 2. The van der Waals surface area contributed by atoms with Crippen LogP contribution in [-0.4, -0.2) is 42.5 Å². The average Bonchev–Trinajstić information content (AvgIpc) is 3.50. The van der Waals surface area contributed by atoms with Gasteiger partial charge in [-0.05, 0) is 73.0 Å². The zero-order chi connectivity index (χ0) is 30.6. The van der Waals surface area contributed by atoms with E-state index in [0.29, 0.717) is 37.3 Å². The molecule has 2 amide bonds. The Hall–Kier alpha value is -3.76. The molecular formula is C31H30F7N3O. The van der Waals surface area contributed by atoms with E-state index in [9.17, 15) is 35.5 Å². The molecule has 0 spiro atoms. The molecule has 0 aromatic heterocycles. The summed E-state index contributed by atoms with van der Waals surface area (Å²) in [5.41, 5.74) is -0.702. The third-order valence-corrected chi connectivity index (χ3v) is 8.56. The van der Waals surface area contributed by atoms with Gasteiger partial charge in [-0.3, -0.25) is 0 Å². The number of alkyl halides is 6. The van der Waals surface area contributed by atoms with Gasteiger partial charge in [0.05, 0.1) is 23.2 Å². The topological polar surface area (TPSA) is 26.8 Å². The van der Waals surface area contributed by atoms with Crippen molar-refractivity contribution in [3.63, 3.8) is 0 Å². The summed E-state index contributed by atoms with van der Waals surface area (Å²) < 4.78 is 95.1. The number of anilines is 1. The zero-order valence-corrected chi connectivity index (χ0v) is 23.2.